The molecule has 0 heterocycles. The second-order valence-electron chi connectivity index (χ2n) is 6.85. The Balaban J connectivity index is 1.91. The summed E-state index contributed by atoms with van der Waals surface area (Å²) in [6.07, 6.45) is 4.27. The number of nitrogens with one attached hydrogen (secondary N) is 1. The second kappa shape index (κ2) is 7.75. The summed E-state index contributed by atoms with van der Waals surface area (Å²) in [5, 5.41) is 3.20. The number of likely N-dealkylation sites (N-methyl/N-ethyl adjacent to an activating group) is 1. The molecule has 2 rings (SSSR count). The van der Waals surface area contributed by atoms with Crippen molar-refractivity contribution in [2.45, 2.75) is 37.8 Å². The molecule has 0 radical (unpaired) electrons. The number of carbonyl (C=O) groups excluding carboxylic acids is 1. The van der Waals surface area contributed by atoms with Crippen LogP contribution < -0.4 is 5.32 Å². The van der Waals surface area contributed by atoms with E-state index in [-0.39, 0.29) is 5.91 Å². The summed E-state index contributed by atoms with van der Waals surface area (Å²) in [4.78, 5) is 16.8. The standard InChI is InChI=1S/C18H29N3O/c1-20(2)11-10-14-6-5-7-15(12-14)18(22)19-16-8-9-17(13-16)21(3)4/h5-7,12,16-17H,8-11,13H2,1-4H3,(H,19,22)/t16-,17+/m1/s1. The molecule has 1 N–H and O–H groups in total. The normalized spacial score (nSPS) is 21.5. The molecule has 0 aliphatic heterocycles. The molecule has 22 heavy (non-hydrogen) atoms. The third-order valence-electron chi connectivity index (χ3n) is 4.51. The first-order valence-electron chi connectivity index (χ1n) is 8.16. The zero-order chi connectivity index (χ0) is 16.1. The Morgan fingerprint density at radius 3 is 2.64 bits per heavy atom. The van der Waals surface area contributed by atoms with Gasteiger partial charge in [0.2, 0.25) is 0 Å². The quantitative estimate of drug-likeness (QED) is 0.873. The molecule has 4 nitrogen and oxygen atoms in total. The lowest BCUT2D eigenvalue weighted by Crippen LogP contribution is -2.35. The Hall–Kier alpha value is -1.39. The first-order chi connectivity index (χ1) is 10.5. The van der Waals surface area contributed by atoms with Crippen LogP contribution in [0.25, 0.3) is 0 Å². The largest absolute Gasteiger partial charge is 0.349 e. The van der Waals surface area contributed by atoms with Crippen LogP contribution in [0.15, 0.2) is 24.3 Å². The van der Waals surface area contributed by atoms with Gasteiger partial charge in [-0.2, -0.15) is 0 Å². The molecule has 1 aromatic rings. The van der Waals surface area contributed by atoms with E-state index in [9.17, 15) is 4.79 Å². The summed E-state index contributed by atoms with van der Waals surface area (Å²) in [5.41, 5.74) is 2.00. The maximum absolute atomic E-state index is 12.4. The molecule has 1 aliphatic carbocycles. The molecular formula is C18H29N3O. The SMILES string of the molecule is CN(C)CCc1cccc(C(=O)N[C@@H]2CC[C@H](N(C)C)C2)c1. The fraction of sp³-hybridized carbons (Fsp3) is 0.611. The summed E-state index contributed by atoms with van der Waals surface area (Å²) >= 11 is 0. The maximum atomic E-state index is 12.4. The lowest BCUT2D eigenvalue weighted by molar-refractivity contribution is 0.0936. The number of hydrogen-bond acceptors (Lipinski definition) is 3. The molecule has 1 saturated carbocycles. The highest BCUT2D eigenvalue weighted by molar-refractivity contribution is 5.94. The maximum Gasteiger partial charge on any atom is 0.251 e. The van der Waals surface area contributed by atoms with Crippen LogP contribution in [0.5, 0.6) is 0 Å². The van der Waals surface area contributed by atoms with E-state index in [1.807, 2.05) is 18.2 Å². The number of benzene rings is 1. The Bertz CT molecular complexity index is 499. The van der Waals surface area contributed by atoms with Crippen LogP contribution in [0, 0.1) is 0 Å². The first kappa shape index (κ1) is 17.0. The van der Waals surface area contributed by atoms with E-state index < -0.39 is 0 Å². The number of hydrogen-bond donors (Lipinski definition) is 1. The molecule has 1 amide bonds. The van der Waals surface area contributed by atoms with E-state index >= 15 is 0 Å². The third kappa shape index (κ3) is 4.82. The lowest BCUT2D eigenvalue weighted by Gasteiger charge is -2.19. The number of amides is 1. The molecule has 4 heteroatoms. The fourth-order valence-electron chi connectivity index (χ4n) is 3.05. The summed E-state index contributed by atoms with van der Waals surface area (Å²) < 4.78 is 0. The summed E-state index contributed by atoms with van der Waals surface area (Å²) in [7, 11) is 8.36. The van der Waals surface area contributed by atoms with Crippen molar-refractivity contribution in [3.05, 3.63) is 35.4 Å². The monoisotopic (exact) mass is 303 g/mol. The summed E-state index contributed by atoms with van der Waals surface area (Å²) in [5.74, 6) is 0.0658. The van der Waals surface area contributed by atoms with Crippen molar-refractivity contribution in [3.8, 4) is 0 Å². The van der Waals surface area contributed by atoms with Crippen LogP contribution in [-0.2, 0) is 6.42 Å². The molecule has 0 aromatic heterocycles. The average molecular weight is 303 g/mol. The third-order valence-corrected chi connectivity index (χ3v) is 4.51. The van der Waals surface area contributed by atoms with Crippen LogP contribution in [-0.4, -0.2) is 62.5 Å². The van der Waals surface area contributed by atoms with Crippen LogP contribution in [0.3, 0.4) is 0 Å². The molecule has 1 aromatic carbocycles. The van der Waals surface area contributed by atoms with E-state index in [4.69, 9.17) is 0 Å². The van der Waals surface area contributed by atoms with Gasteiger partial charge in [-0.1, -0.05) is 12.1 Å². The van der Waals surface area contributed by atoms with Gasteiger partial charge in [0.1, 0.15) is 0 Å². The Morgan fingerprint density at radius 1 is 1.23 bits per heavy atom. The minimum Gasteiger partial charge on any atom is -0.349 e. The van der Waals surface area contributed by atoms with Crippen LogP contribution in [0.4, 0.5) is 0 Å². The molecule has 0 spiro atoms. The van der Waals surface area contributed by atoms with E-state index in [1.54, 1.807) is 0 Å². The van der Waals surface area contributed by atoms with Gasteiger partial charge < -0.3 is 15.1 Å². The van der Waals surface area contributed by atoms with Crippen LogP contribution in [0.2, 0.25) is 0 Å². The topological polar surface area (TPSA) is 35.6 Å². The molecule has 1 fully saturated rings. The van der Waals surface area contributed by atoms with Crippen molar-refractivity contribution in [1.82, 2.24) is 15.1 Å². The smallest absolute Gasteiger partial charge is 0.251 e. The van der Waals surface area contributed by atoms with Crippen molar-refractivity contribution in [1.29, 1.82) is 0 Å². The molecule has 0 bridgehead atoms. The Morgan fingerprint density at radius 2 is 2.00 bits per heavy atom. The van der Waals surface area contributed by atoms with Gasteiger partial charge in [-0.25, -0.2) is 0 Å². The van der Waals surface area contributed by atoms with Gasteiger partial charge in [0, 0.05) is 24.2 Å². The lowest BCUT2D eigenvalue weighted by atomic mass is 10.1. The van der Waals surface area contributed by atoms with Crippen molar-refractivity contribution in [2.24, 2.45) is 0 Å². The number of carbonyl (C=O) groups is 1. The highest BCUT2D eigenvalue weighted by Crippen LogP contribution is 2.22. The molecule has 122 valence electrons. The zero-order valence-corrected chi connectivity index (χ0v) is 14.3. The highest BCUT2D eigenvalue weighted by Gasteiger charge is 2.27. The number of nitrogens with zero attached hydrogens (tertiary/aromatic N) is 2. The van der Waals surface area contributed by atoms with E-state index in [0.717, 1.165) is 31.4 Å². The van der Waals surface area contributed by atoms with Crippen molar-refractivity contribution in [2.75, 3.05) is 34.7 Å². The summed E-state index contributed by atoms with van der Waals surface area (Å²) in [6, 6.07) is 8.92. The predicted octanol–water partition coefficient (Wildman–Crippen LogP) is 2.00. The summed E-state index contributed by atoms with van der Waals surface area (Å²) in [6.45, 7) is 0.998. The van der Waals surface area contributed by atoms with E-state index in [0.29, 0.717) is 12.1 Å². The minimum absolute atomic E-state index is 0.0658. The van der Waals surface area contributed by atoms with Gasteiger partial charge in [0.25, 0.3) is 5.91 Å². The van der Waals surface area contributed by atoms with Crippen LogP contribution >= 0.6 is 0 Å². The number of rotatable bonds is 6. The zero-order valence-electron chi connectivity index (χ0n) is 14.3. The fourth-order valence-corrected chi connectivity index (χ4v) is 3.05. The van der Waals surface area contributed by atoms with Gasteiger partial charge >= 0.3 is 0 Å². The second-order valence-corrected chi connectivity index (χ2v) is 6.85. The van der Waals surface area contributed by atoms with Gasteiger partial charge in [-0.3, -0.25) is 4.79 Å². The Kier molecular flexibility index (Phi) is 5.98. The Labute approximate surface area is 134 Å². The highest BCUT2D eigenvalue weighted by atomic mass is 16.1. The molecule has 0 saturated heterocycles. The molecular weight excluding hydrogens is 274 g/mol. The minimum atomic E-state index is 0.0658. The predicted molar refractivity (Wildman–Crippen MR) is 91.3 cm³/mol. The molecule has 1 aliphatic rings. The van der Waals surface area contributed by atoms with Gasteiger partial charge in [-0.15, -0.1) is 0 Å². The van der Waals surface area contributed by atoms with Crippen molar-refractivity contribution >= 4 is 5.91 Å². The van der Waals surface area contributed by atoms with Crippen molar-refractivity contribution in [3.63, 3.8) is 0 Å². The van der Waals surface area contributed by atoms with E-state index in [2.05, 4.69) is 49.4 Å². The molecule has 0 unspecified atom stereocenters. The van der Waals surface area contributed by atoms with Gasteiger partial charge in [-0.05, 0) is 71.6 Å². The van der Waals surface area contributed by atoms with Crippen molar-refractivity contribution < 1.29 is 4.79 Å². The van der Waals surface area contributed by atoms with Gasteiger partial charge in [0.15, 0.2) is 0 Å². The average Bonchev–Trinajstić information content (AvgIpc) is 2.94. The van der Waals surface area contributed by atoms with E-state index in [1.165, 1.54) is 12.0 Å². The molecule has 2 atom stereocenters. The first-order valence-corrected chi connectivity index (χ1v) is 8.16. The van der Waals surface area contributed by atoms with Gasteiger partial charge in [0.05, 0.1) is 0 Å². The van der Waals surface area contributed by atoms with Crippen LogP contribution in [0.1, 0.15) is 35.2 Å².